The summed E-state index contributed by atoms with van der Waals surface area (Å²) in [4.78, 5) is 0. The van der Waals surface area contributed by atoms with Crippen molar-refractivity contribution in [2.24, 2.45) is 17.8 Å². The highest BCUT2D eigenvalue weighted by Gasteiger charge is 2.54. The fourth-order valence-electron chi connectivity index (χ4n) is 7.57. The van der Waals surface area contributed by atoms with Crippen molar-refractivity contribution in [3.05, 3.63) is 0 Å². The van der Waals surface area contributed by atoms with Gasteiger partial charge in [0.2, 0.25) is 0 Å². The minimum absolute atomic E-state index is 0.158. The van der Waals surface area contributed by atoms with Gasteiger partial charge in [0, 0.05) is 0 Å². The molecule has 4 aliphatic rings. The third kappa shape index (κ3) is 8.38. The standard InChI is InChI=1S/C30H54O6/c1-4-10-26(11-5-1)29-30(27-12-6-2-7-13-27,28-14-8-3-9-15-28)36-25-23-34-21-19-32-17-16-31-18-20-33-22-24-35-29/h26-29H,1-25H2. The summed E-state index contributed by atoms with van der Waals surface area (Å²) < 4.78 is 37.5. The van der Waals surface area contributed by atoms with Gasteiger partial charge >= 0.3 is 0 Å². The van der Waals surface area contributed by atoms with Crippen molar-refractivity contribution in [2.75, 3.05) is 66.1 Å². The van der Waals surface area contributed by atoms with Gasteiger partial charge in [-0.3, -0.25) is 0 Å². The Morgan fingerprint density at radius 2 is 0.778 bits per heavy atom. The first-order valence-corrected chi connectivity index (χ1v) is 15.5. The predicted molar refractivity (Wildman–Crippen MR) is 141 cm³/mol. The average Bonchev–Trinajstić information content (AvgIpc) is 2.94. The minimum Gasteiger partial charge on any atom is -0.377 e. The Hall–Kier alpha value is -0.240. The lowest BCUT2D eigenvalue weighted by molar-refractivity contribution is -0.238. The molecular weight excluding hydrogens is 456 g/mol. The maximum atomic E-state index is 7.27. The molecule has 0 aromatic rings. The van der Waals surface area contributed by atoms with Crippen LogP contribution in [0.15, 0.2) is 0 Å². The third-order valence-electron chi connectivity index (χ3n) is 9.23. The molecule has 6 heteroatoms. The van der Waals surface area contributed by atoms with Crippen LogP contribution in [0.25, 0.3) is 0 Å². The normalized spacial score (nSPS) is 30.8. The highest BCUT2D eigenvalue weighted by molar-refractivity contribution is 5.04. The lowest BCUT2D eigenvalue weighted by atomic mass is 9.60. The van der Waals surface area contributed by atoms with Gasteiger partial charge in [-0.1, -0.05) is 57.8 Å². The summed E-state index contributed by atoms with van der Waals surface area (Å²) in [5.74, 6) is 1.76. The van der Waals surface area contributed by atoms with Crippen LogP contribution >= 0.6 is 0 Å². The Morgan fingerprint density at radius 3 is 1.25 bits per heavy atom. The van der Waals surface area contributed by atoms with Crippen LogP contribution in [0.2, 0.25) is 0 Å². The van der Waals surface area contributed by atoms with E-state index in [0.29, 0.717) is 83.8 Å². The Bertz CT molecular complexity index is 536. The summed E-state index contributed by atoms with van der Waals surface area (Å²) in [5.41, 5.74) is -0.197. The lowest BCUT2D eigenvalue weighted by Gasteiger charge is -2.55. The Balaban J connectivity index is 1.58. The number of hydrogen-bond donors (Lipinski definition) is 0. The summed E-state index contributed by atoms with van der Waals surface area (Å²) in [7, 11) is 0. The highest BCUT2D eigenvalue weighted by Crippen LogP contribution is 2.51. The van der Waals surface area contributed by atoms with E-state index in [0.717, 1.165) is 0 Å². The Morgan fingerprint density at radius 1 is 0.389 bits per heavy atom. The van der Waals surface area contributed by atoms with Crippen molar-refractivity contribution in [3.8, 4) is 0 Å². The van der Waals surface area contributed by atoms with Gasteiger partial charge in [0.1, 0.15) is 5.60 Å². The summed E-state index contributed by atoms with van der Waals surface area (Å²) in [6, 6.07) is 0. The van der Waals surface area contributed by atoms with Gasteiger partial charge in [0.05, 0.1) is 72.2 Å². The van der Waals surface area contributed by atoms with Crippen LogP contribution in [0.4, 0.5) is 0 Å². The van der Waals surface area contributed by atoms with Gasteiger partial charge in [0.25, 0.3) is 0 Å². The second-order valence-electron chi connectivity index (χ2n) is 11.5. The predicted octanol–water partition coefficient (Wildman–Crippen LogP) is 5.95. The summed E-state index contributed by atoms with van der Waals surface area (Å²) in [5, 5.41) is 0. The smallest absolute Gasteiger partial charge is 0.100 e. The second-order valence-corrected chi connectivity index (χ2v) is 11.5. The van der Waals surface area contributed by atoms with E-state index >= 15 is 0 Å². The molecule has 4 fully saturated rings. The molecule has 1 atom stereocenters. The number of ether oxygens (including phenoxy) is 6. The average molecular weight is 511 g/mol. The van der Waals surface area contributed by atoms with Gasteiger partial charge in [-0.2, -0.15) is 0 Å². The zero-order valence-electron chi connectivity index (χ0n) is 22.9. The SMILES string of the molecule is C1CCC(C2OCCOCCOCCOCCOCCOC2(C2CCCCC2)C2CCCCC2)CC1. The molecule has 1 aliphatic heterocycles. The van der Waals surface area contributed by atoms with Crippen LogP contribution in [0.5, 0.6) is 0 Å². The Kier molecular flexibility index (Phi) is 13.3. The van der Waals surface area contributed by atoms with Crippen molar-refractivity contribution in [1.82, 2.24) is 0 Å². The summed E-state index contributed by atoms with van der Waals surface area (Å²) in [6.45, 7) is 6.15. The molecule has 210 valence electrons. The van der Waals surface area contributed by atoms with Crippen LogP contribution in [0.1, 0.15) is 96.3 Å². The minimum atomic E-state index is -0.197. The lowest BCUT2D eigenvalue weighted by Crippen LogP contribution is -2.61. The van der Waals surface area contributed by atoms with Gasteiger partial charge in [-0.05, 0) is 56.3 Å². The van der Waals surface area contributed by atoms with E-state index in [4.69, 9.17) is 28.4 Å². The zero-order valence-corrected chi connectivity index (χ0v) is 22.9. The molecule has 3 aliphatic carbocycles. The van der Waals surface area contributed by atoms with Crippen molar-refractivity contribution < 1.29 is 28.4 Å². The monoisotopic (exact) mass is 510 g/mol. The molecule has 1 heterocycles. The first-order chi connectivity index (χ1) is 17.9. The van der Waals surface area contributed by atoms with E-state index < -0.39 is 0 Å². The quantitative estimate of drug-likeness (QED) is 0.468. The fourth-order valence-corrected chi connectivity index (χ4v) is 7.57. The van der Waals surface area contributed by atoms with Gasteiger partial charge in [-0.15, -0.1) is 0 Å². The van der Waals surface area contributed by atoms with E-state index in [2.05, 4.69) is 0 Å². The van der Waals surface area contributed by atoms with E-state index in [1.807, 2.05) is 0 Å². The van der Waals surface area contributed by atoms with E-state index in [1.54, 1.807) is 0 Å². The van der Waals surface area contributed by atoms with Crippen LogP contribution in [-0.2, 0) is 28.4 Å². The summed E-state index contributed by atoms with van der Waals surface area (Å²) in [6.07, 6.45) is 19.9. The first-order valence-electron chi connectivity index (χ1n) is 15.5. The van der Waals surface area contributed by atoms with Crippen LogP contribution < -0.4 is 0 Å². The van der Waals surface area contributed by atoms with Crippen LogP contribution in [0, 0.1) is 17.8 Å². The summed E-state index contributed by atoms with van der Waals surface area (Å²) >= 11 is 0. The molecule has 0 aromatic carbocycles. The zero-order chi connectivity index (χ0) is 24.7. The second kappa shape index (κ2) is 16.7. The Labute approximate surface area is 220 Å². The van der Waals surface area contributed by atoms with E-state index in [9.17, 15) is 0 Å². The van der Waals surface area contributed by atoms with Crippen molar-refractivity contribution >= 4 is 0 Å². The largest absolute Gasteiger partial charge is 0.377 e. The van der Waals surface area contributed by atoms with Crippen molar-refractivity contribution in [1.29, 1.82) is 0 Å². The molecule has 36 heavy (non-hydrogen) atoms. The van der Waals surface area contributed by atoms with E-state index in [-0.39, 0.29) is 11.7 Å². The van der Waals surface area contributed by atoms with Crippen molar-refractivity contribution in [2.45, 2.75) is 108 Å². The van der Waals surface area contributed by atoms with Gasteiger partial charge < -0.3 is 28.4 Å². The molecule has 0 N–H and O–H groups in total. The highest BCUT2D eigenvalue weighted by atomic mass is 16.6. The number of hydrogen-bond acceptors (Lipinski definition) is 6. The maximum absolute atomic E-state index is 7.27. The van der Waals surface area contributed by atoms with Gasteiger partial charge in [0.15, 0.2) is 0 Å². The topological polar surface area (TPSA) is 55.4 Å². The van der Waals surface area contributed by atoms with Crippen LogP contribution in [0.3, 0.4) is 0 Å². The molecule has 0 spiro atoms. The number of rotatable bonds is 3. The molecule has 1 unspecified atom stereocenters. The third-order valence-corrected chi connectivity index (χ3v) is 9.23. The fraction of sp³-hybridized carbons (Fsp3) is 1.00. The molecule has 3 saturated carbocycles. The molecule has 0 bridgehead atoms. The van der Waals surface area contributed by atoms with Gasteiger partial charge in [-0.25, -0.2) is 0 Å². The molecule has 0 aromatic heterocycles. The van der Waals surface area contributed by atoms with E-state index in [1.165, 1.54) is 96.3 Å². The molecule has 0 amide bonds. The van der Waals surface area contributed by atoms with Crippen LogP contribution in [-0.4, -0.2) is 77.8 Å². The molecule has 0 radical (unpaired) electrons. The molecule has 1 saturated heterocycles. The molecule has 6 nitrogen and oxygen atoms in total. The molecule has 4 rings (SSSR count). The van der Waals surface area contributed by atoms with Crippen molar-refractivity contribution in [3.63, 3.8) is 0 Å². The maximum Gasteiger partial charge on any atom is 0.100 e. The first kappa shape index (κ1) is 28.8. The molecular formula is C30H54O6.